The van der Waals surface area contributed by atoms with Crippen LogP contribution in [-0.4, -0.2) is 42.2 Å². The zero-order chi connectivity index (χ0) is 20.4. The van der Waals surface area contributed by atoms with Crippen LogP contribution in [0, 0.1) is 0 Å². The third kappa shape index (κ3) is 4.32. The number of anilines is 3. The van der Waals surface area contributed by atoms with Crippen molar-refractivity contribution in [3.8, 4) is 0 Å². The number of nitrogens with one attached hydrogen (secondary N) is 1. The highest BCUT2D eigenvalue weighted by Crippen LogP contribution is 2.32. The van der Waals surface area contributed by atoms with Gasteiger partial charge in [-0.05, 0) is 68.9 Å². The Morgan fingerprint density at radius 3 is 2.59 bits per heavy atom. The van der Waals surface area contributed by atoms with Crippen LogP contribution in [0.25, 0.3) is 0 Å². The number of amides is 2. The highest BCUT2D eigenvalue weighted by molar-refractivity contribution is 7.14. The lowest BCUT2D eigenvalue weighted by atomic mass is 9.90. The van der Waals surface area contributed by atoms with Crippen molar-refractivity contribution in [1.29, 1.82) is 0 Å². The molecule has 29 heavy (non-hydrogen) atoms. The molecule has 2 aromatic rings. The van der Waals surface area contributed by atoms with Crippen molar-refractivity contribution < 1.29 is 4.79 Å². The number of hydrogen-bond acceptors (Lipinski definition) is 6. The van der Waals surface area contributed by atoms with Crippen LogP contribution in [0.2, 0.25) is 0 Å². The fourth-order valence-corrected chi connectivity index (χ4v) is 5.35. The van der Waals surface area contributed by atoms with Crippen molar-refractivity contribution >= 4 is 34.1 Å². The standard InChI is InChI=1S/C21H30N6OS/c1-26(2)19-16-6-3-4-7-17(16)24-21(25-19)23-14-9-11-15(12-10-14)27(20(22)28)18-8-5-13-29-18/h5,8,13-15H,3-4,6-7,9-12H2,1-2H3,(H2,22,28)(H,23,24,25)/t14-,15+. The first-order valence-electron chi connectivity index (χ1n) is 10.5. The van der Waals surface area contributed by atoms with E-state index in [4.69, 9.17) is 15.7 Å². The van der Waals surface area contributed by atoms with E-state index < -0.39 is 0 Å². The van der Waals surface area contributed by atoms with Gasteiger partial charge in [-0.25, -0.2) is 9.78 Å². The minimum absolute atomic E-state index is 0.158. The van der Waals surface area contributed by atoms with Gasteiger partial charge in [0.25, 0.3) is 0 Å². The van der Waals surface area contributed by atoms with Crippen LogP contribution < -0.4 is 20.9 Å². The van der Waals surface area contributed by atoms with Crippen molar-refractivity contribution in [2.45, 2.75) is 63.5 Å². The number of thiophene rings is 1. The summed E-state index contributed by atoms with van der Waals surface area (Å²) in [5.74, 6) is 1.78. The Morgan fingerprint density at radius 2 is 1.93 bits per heavy atom. The fraction of sp³-hybridized carbons (Fsp3) is 0.571. The Kier molecular flexibility index (Phi) is 5.89. The second kappa shape index (κ2) is 8.57. The summed E-state index contributed by atoms with van der Waals surface area (Å²) in [5, 5.41) is 6.48. The molecule has 2 amide bonds. The molecule has 8 heteroatoms. The van der Waals surface area contributed by atoms with Crippen LogP contribution in [0.1, 0.15) is 49.8 Å². The molecule has 7 nitrogen and oxygen atoms in total. The van der Waals surface area contributed by atoms with Crippen LogP contribution in [0.3, 0.4) is 0 Å². The Hall–Kier alpha value is -2.35. The number of rotatable bonds is 5. The maximum Gasteiger partial charge on any atom is 0.320 e. The predicted octanol–water partition coefficient (Wildman–Crippen LogP) is 3.79. The molecule has 0 bridgehead atoms. The van der Waals surface area contributed by atoms with Gasteiger partial charge < -0.3 is 16.0 Å². The molecule has 0 radical (unpaired) electrons. The molecule has 0 aliphatic heterocycles. The quantitative estimate of drug-likeness (QED) is 0.777. The number of carbonyl (C=O) groups is 1. The van der Waals surface area contributed by atoms with Crippen LogP contribution in [0.5, 0.6) is 0 Å². The summed E-state index contributed by atoms with van der Waals surface area (Å²) in [7, 11) is 4.10. The first-order chi connectivity index (χ1) is 14.0. The van der Waals surface area contributed by atoms with Gasteiger partial charge in [-0.3, -0.25) is 4.90 Å². The number of urea groups is 1. The molecule has 0 aromatic carbocycles. The van der Waals surface area contributed by atoms with E-state index in [-0.39, 0.29) is 12.1 Å². The van der Waals surface area contributed by atoms with E-state index in [1.54, 1.807) is 16.2 Å². The van der Waals surface area contributed by atoms with Gasteiger partial charge in [0.1, 0.15) is 5.82 Å². The van der Waals surface area contributed by atoms with Gasteiger partial charge in [0.05, 0.1) is 10.7 Å². The van der Waals surface area contributed by atoms with E-state index >= 15 is 0 Å². The first kappa shape index (κ1) is 19.9. The Bertz CT molecular complexity index is 845. The van der Waals surface area contributed by atoms with Crippen molar-refractivity contribution in [3.63, 3.8) is 0 Å². The smallest absolute Gasteiger partial charge is 0.320 e. The van der Waals surface area contributed by atoms with Gasteiger partial charge in [-0.1, -0.05) is 0 Å². The third-order valence-electron chi connectivity index (χ3n) is 5.96. The van der Waals surface area contributed by atoms with E-state index in [0.29, 0.717) is 6.04 Å². The molecule has 0 spiro atoms. The molecule has 1 saturated carbocycles. The number of fused-ring (bicyclic) bond motifs is 1. The maximum atomic E-state index is 12.0. The highest BCUT2D eigenvalue weighted by Gasteiger charge is 2.30. The second-order valence-electron chi connectivity index (χ2n) is 8.21. The van der Waals surface area contributed by atoms with Crippen molar-refractivity contribution in [3.05, 3.63) is 28.8 Å². The molecular formula is C21H30N6OS. The fourth-order valence-electron chi connectivity index (χ4n) is 4.55. The normalized spacial score (nSPS) is 21.3. The van der Waals surface area contributed by atoms with E-state index in [0.717, 1.165) is 55.3 Å². The molecule has 3 N–H and O–H groups in total. The maximum absolute atomic E-state index is 12.0. The van der Waals surface area contributed by atoms with E-state index in [2.05, 4.69) is 24.3 Å². The topological polar surface area (TPSA) is 87.4 Å². The average Bonchev–Trinajstić information content (AvgIpc) is 3.22. The van der Waals surface area contributed by atoms with Gasteiger partial charge in [-0.15, -0.1) is 11.3 Å². The lowest BCUT2D eigenvalue weighted by molar-refractivity contribution is 0.248. The van der Waals surface area contributed by atoms with Crippen LogP contribution >= 0.6 is 11.3 Å². The molecule has 4 rings (SSSR count). The van der Waals surface area contributed by atoms with E-state index in [1.165, 1.54) is 24.1 Å². The summed E-state index contributed by atoms with van der Waals surface area (Å²) in [6.07, 6.45) is 8.30. The van der Waals surface area contributed by atoms with Crippen molar-refractivity contribution in [2.75, 3.05) is 29.2 Å². The monoisotopic (exact) mass is 414 g/mol. The van der Waals surface area contributed by atoms with E-state index in [1.807, 2.05) is 17.5 Å². The SMILES string of the molecule is CN(C)c1nc(N[C@H]2CC[C@@H](N(C(N)=O)c3cccs3)CC2)nc2c1CCCC2. The summed E-state index contributed by atoms with van der Waals surface area (Å²) in [5.41, 5.74) is 8.19. The molecular weight excluding hydrogens is 384 g/mol. The largest absolute Gasteiger partial charge is 0.362 e. The molecule has 2 aromatic heterocycles. The Morgan fingerprint density at radius 1 is 1.17 bits per heavy atom. The summed E-state index contributed by atoms with van der Waals surface area (Å²) in [6.45, 7) is 0. The minimum atomic E-state index is -0.363. The molecule has 1 fully saturated rings. The number of aromatic nitrogens is 2. The van der Waals surface area contributed by atoms with Crippen LogP contribution in [0.15, 0.2) is 17.5 Å². The molecule has 2 aliphatic carbocycles. The highest BCUT2D eigenvalue weighted by atomic mass is 32.1. The van der Waals surface area contributed by atoms with Gasteiger partial charge in [0.15, 0.2) is 0 Å². The van der Waals surface area contributed by atoms with Gasteiger partial charge in [0.2, 0.25) is 5.95 Å². The Labute approximate surface area is 176 Å². The number of primary amides is 1. The third-order valence-corrected chi connectivity index (χ3v) is 6.83. The van der Waals surface area contributed by atoms with Gasteiger partial charge >= 0.3 is 6.03 Å². The van der Waals surface area contributed by atoms with Crippen molar-refractivity contribution in [2.24, 2.45) is 5.73 Å². The average molecular weight is 415 g/mol. The van der Waals surface area contributed by atoms with Crippen LogP contribution in [0.4, 0.5) is 21.6 Å². The van der Waals surface area contributed by atoms with E-state index in [9.17, 15) is 4.79 Å². The Balaban J connectivity index is 1.43. The predicted molar refractivity (Wildman–Crippen MR) is 119 cm³/mol. The van der Waals surface area contributed by atoms with Gasteiger partial charge in [-0.2, -0.15) is 4.98 Å². The summed E-state index contributed by atoms with van der Waals surface area (Å²) in [6, 6.07) is 4.03. The van der Waals surface area contributed by atoms with Gasteiger partial charge in [0, 0.05) is 31.7 Å². The number of carbonyl (C=O) groups excluding carboxylic acids is 1. The summed E-state index contributed by atoms with van der Waals surface area (Å²) < 4.78 is 0. The number of hydrogen-bond donors (Lipinski definition) is 2. The molecule has 2 aliphatic rings. The molecule has 0 saturated heterocycles. The second-order valence-corrected chi connectivity index (χ2v) is 9.13. The molecule has 2 heterocycles. The summed E-state index contributed by atoms with van der Waals surface area (Å²) >= 11 is 1.56. The number of nitrogens with two attached hydrogens (primary N) is 1. The number of aryl methyl sites for hydroxylation is 1. The lowest BCUT2D eigenvalue weighted by Gasteiger charge is -2.35. The lowest BCUT2D eigenvalue weighted by Crippen LogP contribution is -2.46. The molecule has 0 unspecified atom stereocenters. The first-order valence-corrected chi connectivity index (χ1v) is 11.4. The molecule has 0 atom stereocenters. The number of nitrogens with zero attached hydrogens (tertiary/aromatic N) is 4. The zero-order valence-electron chi connectivity index (χ0n) is 17.2. The van der Waals surface area contributed by atoms with Crippen molar-refractivity contribution in [1.82, 2.24) is 9.97 Å². The molecule has 156 valence electrons. The summed E-state index contributed by atoms with van der Waals surface area (Å²) in [4.78, 5) is 25.5. The minimum Gasteiger partial charge on any atom is -0.362 e. The van der Waals surface area contributed by atoms with Crippen LogP contribution in [-0.2, 0) is 12.8 Å². The zero-order valence-corrected chi connectivity index (χ0v) is 18.0.